The summed E-state index contributed by atoms with van der Waals surface area (Å²) in [6.45, 7) is 1.86. The molecule has 4 rings (SSSR count). The van der Waals surface area contributed by atoms with Crippen LogP contribution in [-0.2, 0) is 11.3 Å². The molecule has 4 aromatic rings. The molecule has 0 aliphatic carbocycles. The highest BCUT2D eigenvalue weighted by Crippen LogP contribution is 2.16. The Kier molecular flexibility index (Phi) is 4.72. The Morgan fingerprint density at radius 1 is 1.14 bits per heavy atom. The zero-order valence-electron chi connectivity index (χ0n) is 15.3. The van der Waals surface area contributed by atoms with E-state index in [1.165, 1.54) is 10.8 Å². The first-order valence-electron chi connectivity index (χ1n) is 8.94. The lowest BCUT2D eigenvalue weighted by Gasteiger charge is -2.16. The van der Waals surface area contributed by atoms with Gasteiger partial charge in [0.2, 0.25) is 5.91 Å². The van der Waals surface area contributed by atoms with Crippen molar-refractivity contribution in [2.24, 2.45) is 0 Å². The van der Waals surface area contributed by atoms with Crippen molar-refractivity contribution < 1.29 is 4.79 Å². The number of nitrogens with one attached hydrogen (secondary N) is 1. The van der Waals surface area contributed by atoms with Gasteiger partial charge in [0, 0.05) is 18.1 Å². The van der Waals surface area contributed by atoms with Crippen LogP contribution in [0.2, 0.25) is 0 Å². The van der Waals surface area contributed by atoms with Crippen molar-refractivity contribution in [2.45, 2.75) is 19.5 Å². The van der Waals surface area contributed by atoms with E-state index >= 15 is 0 Å². The summed E-state index contributed by atoms with van der Waals surface area (Å²) in [4.78, 5) is 32.9. The second-order valence-corrected chi connectivity index (χ2v) is 6.52. The quantitative estimate of drug-likeness (QED) is 0.583. The third kappa shape index (κ3) is 3.55. The van der Waals surface area contributed by atoms with E-state index in [2.05, 4.69) is 15.3 Å². The molecule has 0 unspecified atom stereocenters. The third-order valence-electron chi connectivity index (χ3n) is 4.63. The molecule has 2 aromatic carbocycles. The maximum absolute atomic E-state index is 12.5. The lowest BCUT2D eigenvalue weighted by molar-refractivity contribution is -0.122. The summed E-state index contributed by atoms with van der Waals surface area (Å²) in [5, 5.41) is 2.95. The van der Waals surface area contributed by atoms with Crippen molar-refractivity contribution in [1.82, 2.24) is 24.4 Å². The van der Waals surface area contributed by atoms with Crippen LogP contribution in [0.3, 0.4) is 0 Å². The molecule has 140 valence electrons. The number of benzene rings is 2. The Balaban J connectivity index is 1.48. The minimum atomic E-state index is -0.300. The topological polar surface area (TPSA) is 81.8 Å². The SMILES string of the molecule is C[C@H](NC(=O)Cn1c(=O)cnc2ccccc21)c1ccc(-n2ccnc2)cc1. The van der Waals surface area contributed by atoms with E-state index < -0.39 is 0 Å². The monoisotopic (exact) mass is 373 g/mol. The first-order chi connectivity index (χ1) is 13.6. The summed E-state index contributed by atoms with van der Waals surface area (Å²) in [6, 6.07) is 15.0. The number of aromatic nitrogens is 4. The molecule has 1 amide bonds. The minimum absolute atomic E-state index is 0.0562. The highest BCUT2D eigenvalue weighted by molar-refractivity contribution is 5.80. The number of fused-ring (bicyclic) bond motifs is 1. The molecule has 0 saturated carbocycles. The molecular formula is C21H19N5O2. The van der Waals surface area contributed by atoms with Crippen molar-refractivity contribution in [3.8, 4) is 5.69 Å². The molecule has 0 saturated heterocycles. The summed E-state index contributed by atoms with van der Waals surface area (Å²) < 4.78 is 3.35. The Hall–Kier alpha value is -3.74. The summed E-state index contributed by atoms with van der Waals surface area (Å²) in [6.07, 6.45) is 6.57. The van der Waals surface area contributed by atoms with Gasteiger partial charge in [0.25, 0.3) is 5.56 Å². The molecule has 0 radical (unpaired) electrons. The predicted octanol–water partition coefficient (Wildman–Crippen LogP) is 2.46. The van der Waals surface area contributed by atoms with Crippen LogP contribution in [0, 0.1) is 0 Å². The lowest BCUT2D eigenvalue weighted by Crippen LogP contribution is -2.34. The first-order valence-corrected chi connectivity index (χ1v) is 8.94. The van der Waals surface area contributed by atoms with Gasteiger partial charge in [-0.2, -0.15) is 0 Å². The predicted molar refractivity (Wildman–Crippen MR) is 106 cm³/mol. The fourth-order valence-electron chi connectivity index (χ4n) is 3.14. The highest BCUT2D eigenvalue weighted by Gasteiger charge is 2.13. The van der Waals surface area contributed by atoms with Gasteiger partial charge in [0.05, 0.1) is 29.6 Å². The zero-order chi connectivity index (χ0) is 19.5. The van der Waals surface area contributed by atoms with Gasteiger partial charge in [-0.3, -0.25) is 14.2 Å². The molecular weight excluding hydrogens is 354 g/mol. The molecule has 0 aliphatic heterocycles. The zero-order valence-corrected chi connectivity index (χ0v) is 15.3. The van der Waals surface area contributed by atoms with Gasteiger partial charge in [-0.25, -0.2) is 9.97 Å². The van der Waals surface area contributed by atoms with Gasteiger partial charge in [-0.15, -0.1) is 0 Å². The van der Waals surface area contributed by atoms with Crippen LogP contribution in [-0.4, -0.2) is 25.0 Å². The van der Waals surface area contributed by atoms with E-state index in [9.17, 15) is 9.59 Å². The molecule has 7 heteroatoms. The number of hydrogen-bond acceptors (Lipinski definition) is 4. The number of carbonyl (C=O) groups is 1. The Labute approximate surface area is 161 Å². The van der Waals surface area contributed by atoms with E-state index in [0.717, 1.165) is 11.3 Å². The normalized spacial score (nSPS) is 12.0. The van der Waals surface area contributed by atoms with Crippen LogP contribution < -0.4 is 10.9 Å². The Morgan fingerprint density at radius 2 is 1.93 bits per heavy atom. The van der Waals surface area contributed by atoms with Crippen LogP contribution in [0.1, 0.15) is 18.5 Å². The molecule has 2 heterocycles. The van der Waals surface area contributed by atoms with Crippen molar-refractivity contribution >= 4 is 16.9 Å². The van der Waals surface area contributed by atoms with E-state index in [0.29, 0.717) is 11.0 Å². The number of carbonyl (C=O) groups excluding carboxylic acids is 1. The Morgan fingerprint density at radius 3 is 2.68 bits per heavy atom. The average molecular weight is 373 g/mol. The van der Waals surface area contributed by atoms with Crippen LogP contribution in [0.5, 0.6) is 0 Å². The van der Waals surface area contributed by atoms with E-state index in [-0.39, 0.29) is 24.1 Å². The molecule has 0 spiro atoms. The van der Waals surface area contributed by atoms with Crippen LogP contribution in [0.4, 0.5) is 0 Å². The van der Waals surface area contributed by atoms with Crippen molar-refractivity contribution in [3.63, 3.8) is 0 Å². The van der Waals surface area contributed by atoms with Crippen molar-refractivity contribution in [2.75, 3.05) is 0 Å². The van der Waals surface area contributed by atoms with Gasteiger partial charge in [-0.1, -0.05) is 24.3 Å². The summed E-state index contributed by atoms with van der Waals surface area (Å²) in [5.74, 6) is -0.232. The fraction of sp³-hybridized carbons (Fsp3) is 0.143. The van der Waals surface area contributed by atoms with Crippen molar-refractivity contribution in [3.05, 3.63) is 89.4 Å². The summed E-state index contributed by atoms with van der Waals surface area (Å²) >= 11 is 0. The van der Waals surface area contributed by atoms with E-state index in [1.807, 2.05) is 60.2 Å². The molecule has 1 atom stereocenters. The van der Waals surface area contributed by atoms with E-state index in [4.69, 9.17) is 0 Å². The van der Waals surface area contributed by atoms with Crippen LogP contribution in [0.25, 0.3) is 16.7 Å². The molecule has 0 fully saturated rings. The second-order valence-electron chi connectivity index (χ2n) is 6.52. The second kappa shape index (κ2) is 7.48. The molecule has 2 aromatic heterocycles. The van der Waals surface area contributed by atoms with Gasteiger partial charge in [-0.05, 0) is 36.8 Å². The number of rotatable bonds is 5. The summed E-state index contributed by atoms with van der Waals surface area (Å²) in [5.41, 5.74) is 2.99. The van der Waals surface area contributed by atoms with Crippen molar-refractivity contribution in [1.29, 1.82) is 0 Å². The van der Waals surface area contributed by atoms with Gasteiger partial charge in [0.1, 0.15) is 6.54 Å². The van der Waals surface area contributed by atoms with E-state index in [1.54, 1.807) is 18.6 Å². The Bertz CT molecular complexity index is 1160. The maximum Gasteiger partial charge on any atom is 0.269 e. The fourth-order valence-corrected chi connectivity index (χ4v) is 3.14. The van der Waals surface area contributed by atoms with Gasteiger partial charge in [0.15, 0.2) is 0 Å². The lowest BCUT2D eigenvalue weighted by atomic mass is 10.1. The number of amides is 1. The maximum atomic E-state index is 12.5. The number of nitrogens with zero attached hydrogens (tertiary/aromatic N) is 4. The number of imidazole rings is 1. The first kappa shape index (κ1) is 17.7. The standard InChI is InChI=1S/C21H19N5O2/c1-15(16-6-8-17(9-7-16)25-11-10-22-14-25)24-20(27)13-26-19-5-3-2-4-18(19)23-12-21(26)28/h2-12,14-15H,13H2,1H3,(H,24,27)/t15-/m0/s1. The third-order valence-corrected chi connectivity index (χ3v) is 4.63. The van der Waals surface area contributed by atoms with Crippen LogP contribution >= 0.6 is 0 Å². The average Bonchev–Trinajstić information content (AvgIpc) is 3.25. The largest absolute Gasteiger partial charge is 0.348 e. The molecule has 0 aliphatic rings. The molecule has 0 bridgehead atoms. The number of hydrogen-bond donors (Lipinski definition) is 1. The van der Waals surface area contributed by atoms with Gasteiger partial charge >= 0.3 is 0 Å². The number of para-hydroxylation sites is 2. The molecule has 7 nitrogen and oxygen atoms in total. The minimum Gasteiger partial charge on any atom is -0.348 e. The molecule has 28 heavy (non-hydrogen) atoms. The molecule has 1 N–H and O–H groups in total. The summed E-state index contributed by atoms with van der Waals surface area (Å²) in [7, 11) is 0. The van der Waals surface area contributed by atoms with Gasteiger partial charge < -0.3 is 9.88 Å². The smallest absolute Gasteiger partial charge is 0.269 e. The van der Waals surface area contributed by atoms with Crippen LogP contribution in [0.15, 0.2) is 78.2 Å². The highest BCUT2D eigenvalue weighted by atomic mass is 16.2.